The molecule has 5 rings (SSSR count). The summed E-state index contributed by atoms with van der Waals surface area (Å²) in [5, 5.41) is 0.769. The van der Waals surface area contributed by atoms with E-state index >= 15 is 0 Å². The standard InChI is InChI=1S/C16H22ClNO.C13H15NO3/c17-15-12-13(4-3-11-18-9-1-2-10-18)5-8-16(15)19-14-6-7-14;14-13(16)12(15)11-3-1-9(2-4-11)10-5-7-17-8-6-10/h5,8,12,14H,1-4,6-7,9-11H2;1-4,10H,5-8H2,(H2,14,16). The van der Waals surface area contributed by atoms with E-state index in [1.807, 2.05) is 18.2 Å². The molecule has 3 aliphatic rings. The van der Waals surface area contributed by atoms with Gasteiger partial charge < -0.3 is 20.1 Å². The lowest BCUT2D eigenvalue weighted by atomic mass is 9.91. The summed E-state index contributed by atoms with van der Waals surface area (Å²) in [5.41, 5.74) is 7.81. The molecule has 0 radical (unpaired) electrons. The zero-order valence-corrected chi connectivity index (χ0v) is 21.7. The van der Waals surface area contributed by atoms with Gasteiger partial charge in [0.25, 0.3) is 5.91 Å². The van der Waals surface area contributed by atoms with Gasteiger partial charge in [-0.15, -0.1) is 0 Å². The van der Waals surface area contributed by atoms with Gasteiger partial charge in [0.2, 0.25) is 5.78 Å². The average molecular weight is 513 g/mol. The van der Waals surface area contributed by atoms with Crippen LogP contribution in [0, 0.1) is 0 Å². The molecule has 7 heteroatoms. The first-order valence-electron chi connectivity index (χ1n) is 13.2. The molecule has 1 aliphatic carbocycles. The number of Topliss-reactive ketones (excluding diaryl/α,β-unsaturated/α-hetero) is 1. The van der Waals surface area contributed by atoms with Crippen molar-refractivity contribution >= 4 is 23.3 Å². The highest BCUT2D eigenvalue weighted by molar-refractivity contribution is 6.42. The van der Waals surface area contributed by atoms with Crippen molar-refractivity contribution in [2.45, 2.75) is 63.4 Å². The highest BCUT2D eigenvalue weighted by atomic mass is 35.5. The number of carbonyl (C=O) groups is 2. The fourth-order valence-electron chi connectivity index (χ4n) is 4.75. The number of nitrogens with two attached hydrogens (primary N) is 1. The van der Waals surface area contributed by atoms with Crippen molar-refractivity contribution in [1.82, 2.24) is 4.90 Å². The lowest BCUT2D eigenvalue weighted by Crippen LogP contribution is -2.23. The largest absolute Gasteiger partial charge is 0.489 e. The van der Waals surface area contributed by atoms with E-state index in [9.17, 15) is 9.59 Å². The minimum Gasteiger partial charge on any atom is -0.489 e. The van der Waals surface area contributed by atoms with Crippen molar-refractivity contribution in [2.75, 3.05) is 32.8 Å². The van der Waals surface area contributed by atoms with Crippen LogP contribution >= 0.6 is 11.6 Å². The molecule has 6 nitrogen and oxygen atoms in total. The summed E-state index contributed by atoms with van der Waals surface area (Å²) in [7, 11) is 0. The number of benzene rings is 2. The van der Waals surface area contributed by atoms with Crippen LogP contribution in [0.1, 0.15) is 72.3 Å². The van der Waals surface area contributed by atoms with Crippen molar-refractivity contribution in [3.05, 3.63) is 64.2 Å². The summed E-state index contributed by atoms with van der Waals surface area (Å²) in [4.78, 5) is 24.6. The Labute approximate surface area is 219 Å². The zero-order valence-electron chi connectivity index (χ0n) is 20.9. The topological polar surface area (TPSA) is 81.9 Å². The first kappa shape index (κ1) is 26.6. The first-order valence-corrected chi connectivity index (χ1v) is 13.6. The Morgan fingerprint density at radius 2 is 1.69 bits per heavy atom. The summed E-state index contributed by atoms with van der Waals surface area (Å²) in [6, 6.07) is 13.4. The van der Waals surface area contributed by atoms with Crippen molar-refractivity contribution in [2.24, 2.45) is 5.73 Å². The van der Waals surface area contributed by atoms with Crippen LogP contribution in [0.15, 0.2) is 42.5 Å². The number of nitrogens with zero attached hydrogens (tertiary/aromatic N) is 1. The second kappa shape index (κ2) is 13.2. The quantitative estimate of drug-likeness (QED) is 0.371. The lowest BCUT2D eigenvalue weighted by molar-refractivity contribution is -0.114. The molecule has 0 spiro atoms. The molecule has 0 bridgehead atoms. The summed E-state index contributed by atoms with van der Waals surface area (Å²) in [6.07, 6.45) is 9.85. The molecule has 2 aromatic rings. The number of likely N-dealkylation sites (tertiary alicyclic amines) is 1. The summed E-state index contributed by atoms with van der Waals surface area (Å²) in [6.45, 7) is 5.36. The van der Waals surface area contributed by atoms with Gasteiger partial charge in [0.05, 0.1) is 11.1 Å². The molecule has 194 valence electrons. The number of aryl methyl sites for hydroxylation is 1. The SMILES string of the molecule is Clc1cc(CCCN2CCCC2)ccc1OC1CC1.NC(=O)C(=O)c1ccc(C2CCOCC2)cc1. The molecular weight excluding hydrogens is 476 g/mol. The number of carbonyl (C=O) groups excluding carboxylic acids is 2. The van der Waals surface area contributed by atoms with E-state index in [1.165, 1.54) is 62.9 Å². The van der Waals surface area contributed by atoms with Crippen molar-refractivity contribution in [3.8, 4) is 5.75 Å². The van der Waals surface area contributed by atoms with Crippen LogP contribution < -0.4 is 10.5 Å². The number of primary amides is 1. The van der Waals surface area contributed by atoms with E-state index in [2.05, 4.69) is 17.0 Å². The first-order chi connectivity index (χ1) is 17.5. The maximum Gasteiger partial charge on any atom is 0.289 e. The predicted octanol–water partition coefficient (Wildman–Crippen LogP) is 5.16. The molecule has 2 aromatic carbocycles. The number of rotatable bonds is 9. The van der Waals surface area contributed by atoms with Crippen molar-refractivity contribution in [1.29, 1.82) is 0 Å². The minimum absolute atomic E-state index is 0.355. The third-order valence-corrected chi connectivity index (χ3v) is 7.34. The minimum atomic E-state index is -0.913. The summed E-state index contributed by atoms with van der Waals surface area (Å²) >= 11 is 6.27. The molecule has 2 saturated heterocycles. The Morgan fingerprint density at radius 3 is 2.31 bits per heavy atom. The van der Waals surface area contributed by atoms with Gasteiger partial charge in [-0.25, -0.2) is 0 Å². The van der Waals surface area contributed by atoms with E-state index in [4.69, 9.17) is 26.8 Å². The Bertz CT molecular complexity index is 1010. The number of ketones is 1. The van der Waals surface area contributed by atoms with Gasteiger partial charge in [0, 0.05) is 18.8 Å². The summed E-state index contributed by atoms with van der Waals surface area (Å²) < 4.78 is 11.1. The lowest BCUT2D eigenvalue weighted by Gasteiger charge is -2.22. The Balaban J connectivity index is 0.000000170. The molecule has 2 heterocycles. The van der Waals surface area contributed by atoms with Crippen LogP contribution in [0.4, 0.5) is 0 Å². The Hall–Kier alpha value is -2.41. The van der Waals surface area contributed by atoms with Gasteiger partial charge in [-0.05, 0) is 100 Å². The van der Waals surface area contributed by atoms with Crippen LogP contribution in [0.5, 0.6) is 5.75 Å². The second-order valence-electron chi connectivity index (χ2n) is 9.94. The van der Waals surface area contributed by atoms with Crippen LogP contribution in [0.25, 0.3) is 0 Å². The number of hydrogen-bond donors (Lipinski definition) is 1. The van der Waals surface area contributed by atoms with Gasteiger partial charge >= 0.3 is 0 Å². The monoisotopic (exact) mass is 512 g/mol. The summed E-state index contributed by atoms with van der Waals surface area (Å²) in [5.74, 6) is -0.207. The predicted molar refractivity (Wildman–Crippen MR) is 142 cm³/mol. The molecule has 0 aromatic heterocycles. The number of halogens is 1. The molecule has 0 unspecified atom stereocenters. The zero-order chi connectivity index (χ0) is 25.3. The molecule has 36 heavy (non-hydrogen) atoms. The van der Waals surface area contributed by atoms with Gasteiger partial charge in [-0.1, -0.05) is 41.9 Å². The Kier molecular flexibility index (Phi) is 9.79. The third kappa shape index (κ3) is 8.05. The molecule has 0 atom stereocenters. The van der Waals surface area contributed by atoms with E-state index < -0.39 is 11.7 Å². The highest BCUT2D eigenvalue weighted by Crippen LogP contribution is 2.32. The number of ether oxygens (including phenoxy) is 2. The van der Waals surface area contributed by atoms with Crippen molar-refractivity contribution in [3.63, 3.8) is 0 Å². The number of amides is 1. The normalized spacial score (nSPS) is 18.4. The molecule has 1 amide bonds. The van der Waals surface area contributed by atoms with E-state index in [1.54, 1.807) is 12.1 Å². The van der Waals surface area contributed by atoms with Crippen molar-refractivity contribution < 1.29 is 19.1 Å². The van der Waals surface area contributed by atoms with E-state index in [0.29, 0.717) is 17.6 Å². The third-order valence-electron chi connectivity index (χ3n) is 7.04. The fraction of sp³-hybridized carbons (Fsp3) is 0.517. The highest BCUT2D eigenvalue weighted by Gasteiger charge is 2.24. The average Bonchev–Trinajstić information content (AvgIpc) is 3.57. The maximum atomic E-state index is 11.3. The Morgan fingerprint density at radius 1 is 1.00 bits per heavy atom. The fourth-order valence-corrected chi connectivity index (χ4v) is 5.00. The van der Waals surface area contributed by atoms with Gasteiger partial charge in [0.1, 0.15) is 5.75 Å². The second-order valence-corrected chi connectivity index (χ2v) is 10.3. The molecule has 3 fully saturated rings. The molecule has 2 N–H and O–H groups in total. The van der Waals surface area contributed by atoms with E-state index in [0.717, 1.165) is 43.2 Å². The van der Waals surface area contributed by atoms with E-state index in [-0.39, 0.29) is 0 Å². The number of hydrogen-bond acceptors (Lipinski definition) is 5. The van der Waals surface area contributed by atoms with Gasteiger partial charge in [-0.3, -0.25) is 9.59 Å². The van der Waals surface area contributed by atoms with Crippen LogP contribution in [0.3, 0.4) is 0 Å². The van der Waals surface area contributed by atoms with Crippen LogP contribution in [-0.2, 0) is 16.0 Å². The molecule has 1 saturated carbocycles. The maximum absolute atomic E-state index is 11.3. The smallest absolute Gasteiger partial charge is 0.289 e. The van der Waals surface area contributed by atoms with Gasteiger partial charge in [0.15, 0.2) is 0 Å². The molecule has 2 aliphatic heterocycles. The van der Waals surface area contributed by atoms with Crippen LogP contribution in [-0.4, -0.2) is 55.5 Å². The van der Waals surface area contributed by atoms with Gasteiger partial charge in [-0.2, -0.15) is 0 Å². The van der Waals surface area contributed by atoms with Crippen LogP contribution in [0.2, 0.25) is 5.02 Å². The molecular formula is C29H37ClN2O4.